The first-order valence-corrected chi connectivity index (χ1v) is 14.7. The molecule has 3 fully saturated rings. The summed E-state index contributed by atoms with van der Waals surface area (Å²) in [5.74, 6) is -21.5. The minimum absolute atomic E-state index is 0.0115. The van der Waals surface area contributed by atoms with E-state index in [0.717, 1.165) is 4.90 Å². The van der Waals surface area contributed by atoms with E-state index >= 15 is 8.78 Å². The fraction of sp³-hybridized carbons (Fsp3) is 0.290. The minimum Gasteiger partial charge on any atom is -0.463 e. The van der Waals surface area contributed by atoms with Gasteiger partial charge in [0.05, 0.1) is 23.4 Å². The smallest absolute Gasteiger partial charge is 0.258 e. The predicted octanol–water partition coefficient (Wildman–Crippen LogP) is 5.24. The molecule has 15 heteroatoms. The number of halogens is 7. The van der Waals surface area contributed by atoms with Crippen LogP contribution in [0.5, 0.6) is 0 Å². The quantitative estimate of drug-likeness (QED) is 0.101. The van der Waals surface area contributed by atoms with Gasteiger partial charge in [-0.25, -0.2) is 26.9 Å². The summed E-state index contributed by atoms with van der Waals surface area (Å²) < 4.78 is 78.4. The number of carbonyl (C=O) groups is 4. The summed E-state index contributed by atoms with van der Waals surface area (Å²) in [5.41, 5.74) is -1.34. The number of anilines is 2. The van der Waals surface area contributed by atoms with Gasteiger partial charge in [-0.1, -0.05) is 29.8 Å². The molecule has 4 amide bonds. The number of furan rings is 1. The fourth-order valence-electron chi connectivity index (χ4n) is 7.34. The number of rotatable bonds is 4. The number of allylic oxidation sites excluding steroid dienone is 2. The zero-order valence-electron chi connectivity index (χ0n) is 23.1. The van der Waals surface area contributed by atoms with Gasteiger partial charge in [0.2, 0.25) is 17.6 Å². The lowest BCUT2D eigenvalue weighted by atomic mass is 9.57. The van der Waals surface area contributed by atoms with Gasteiger partial charge in [0, 0.05) is 0 Å². The van der Waals surface area contributed by atoms with Crippen molar-refractivity contribution < 1.29 is 50.7 Å². The first-order chi connectivity index (χ1) is 21.8. The van der Waals surface area contributed by atoms with E-state index in [1.54, 1.807) is 36.4 Å². The molecule has 7 rings (SSSR count). The standard InChI is InChI=1S/C31H19Cl2F5N2O6/c32-30-10-16-14(7-8-15-18(16)27(43)39(26(15)42)12-4-2-1-3-5-12)19(17-9-6-13(11-41)46-17)31(30,33)29(45)40(28(30)44)25-23(37)21(35)20(34)22(36)24(25)38/h1-7,9,15-16,18-19,41H,8,10-11H2/t15-,16+,18-,19+,30+,31-/m0/s1. The van der Waals surface area contributed by atoms with Crippen molar-refractivity contribution in [2.24, 2.45) is 17.8 Å². The Balaban J connectivity index is 1.42. The van der Waals surface area contributed by atoms with Crippen LogP contribution in [0, 0.1) is 46.8 Å². The highest BCUT2D eigenvalue weighted by Crippen LogP contribution is 2.66. The minimum atomic E-state index is -2.70. The molecule has 1 N–H and O–H groups in total. The summed E-state index contributed by atoms with van der Waals surface area (Å²) in [5, 5.41) is 9.66. The number of benzene rings is 2. The van der Waals surface area contributed by atoms with Gasteiger partial charge in [-0.3, -0.25) is 24.1 Å². The molecule has 8 nitrogen and oxygen atoms in total. The van der Waals surface area contributed by atoms with E-state index in [1.807, 2.05) is 0 Å². The second-order valence-corrected chi connectivity index (χ2v) is 12.7. The van der Waals surface area contributed by atoms with Crippen molar-refractivity contribution in [1.82, 2.24) is 0 Å². The van der Waals surface area contributed by atoms with Gasteiger partial charge in [0.25, 0.3) is 11.8 Å². The van der Waals surface area contributed by atoms with Crippen LogP contribution < -0.4 is 9.80 Å². The fourth-order valence-corrected chi connectivity index (χ4v) is 8.26. The van der Waals surface area contributed by atoms with Crippen molar-refractivity contribution in [2.45, 2.75) is 35.1 Å². The van der Waals surface area contributed by atoms with Crippen LogP contribution in [-0.4, -0.2) is 38.5 Å². The number of para-hydroxylation sites is 1. The van der Waals surface area contributed by atoms with Gasteiger partial charge < -0.3 is 9.52 Å². The van der Waals surface area contributed by atoms with Crippen LogP contribution in [0.15, 0.2) is 58.5 Å². The van der Waals surface area contributed by atoms with E-state index in [2.05, 4.69) is 0 Å². The maximum absolute atomic E-state index is 15.1. The maximum atomic E-state index is 15.1. The number of nitrogens with zero attached hydrogens (tertiary/aromatic N) is 2. The van der Waals surface area contributed by atoms with E-state index in [4.69, 9.17) is 27.6 Å². The number of fused-ring (bicyclic) bond motifs is 4. The summed E-state index contributed by atoms with van der Waals surface area (Å²) in [6, 6.07) is 10.7. The molecule has 2 aliphatic carbocycles. The van der Waals surface area contributed by atoms with Gasteiger partial charge in [-0.15, -0.1) is 23.2 Å². The number of aliphatic hydroxyl groups excluding tert-OH is 1. The highest BCUT2D eigenvalue weighted by molar-refractivity contribution is 6.58. The number of amides is 4. The van der Waals surface area contributed by atoms with Gasteiger partial charge in [0.1, 0.15) is 23.8 Å². The Kier molecular flexibility index (Phi) is 6.79. The molecule has 6 atom stereocenters. The predicted molar refractivity (Wildman–Crippen MR) is 150 cm³/mol. The number of alkyl halides is 2. The van der Waals surface area contributed by atoms with E-state index in [0.29, 0.717) is 0 Å². The lowest BCUT2D eigenvalue weighted by Crippen LogP contribution is -2.60. The Morgan fingerprint density at radius 3 is 2.04 bits per heavy atom. The van der Waals surface area contributed by atoms with E-state index < -0.39 is 105 Å². The second-order valence-electron chi connectivity index (χ2n) is 11.5. The van der Waals surface area contributed by atoms with E-state index in [1.165, 1.54) is 12.1 Å². The molecule has 2 aromatic carbocycles. The average molecular weight is 681 g/mol. The van der Waals surface area contributed by atoms with Gasteiger partial charge in [0.15, 0.2) is 33.0 Å². The van der Waals surface area contributed by atoms with Crippen LogP contribution in [0.3, 0.4) is 0 Å². The van der Waals surface area contributed by atoms with Crippen LogP contribution >= 0.6 is 23.2 Å². The SMILES string of the molecule is O=C1[C@H]2[C@H](CC=C3[C@H]2C[C@@]2(Cl)C(=O)N(c4c(F)c(F)c(F)c(F)c4F)C(=O)[C@@]2(Cl)[C@H]3c2ccc(CO)o2)C(=O)N1c1ccccc1. The summed E-state index contributed by atoms with van der Waals surface area (Å²) in [6.45, 7) is -0.607. The van der Waals surface area contributed by atoms with E-state index in [9.17, 15) is 37.5 Å². The van der Waals surface area contributed by atoms with Crippen LogP contribution in [0.4, 0.5) is 33.3 Å². The normalized spacial score (nSPS) is 30.5. The third-order valence-electron chi connectivity index (χ3n) is 9.36. The number of hydrogen-bond donors (Lipinski definition) is 1. The molecule has 4 aliphatic rings. The van der Waals surface area contributed by atoms with Crippen LogP contribution in [0.1, 0.15) is 30.3 Å². The molecule has 1 saturated carbocycles. The first-order valence-electron chi connectivity index (χ1n) is 13.9. The van der Waals surface area contributed by atoms with Crippen LogP contribution in [0.2, 0.25) is 0 Å². The highest BCUT2D eigenvalue weighted by Gasteiger charge is 2.77. The van der Waals surface area contributed by atoms with Crippen molar-refractivity contribution >= 4 is 58.2 Å². The van der Waals surface area contributed by atoms with Gasteiger partial charge in [-0.05, 0) is 43.0 Å². The lowest BCUT2D eigenvalue weighted by molar-refractivity contribution is -0.125. The van der Waals surface area contributed by atoms with Crippen molar-refractivity contribution in [3.8, 4) is 0 Å². The van der Waals surface area contributed by atoms with Gasteiger partial charge in [-0.2, -0.15) is 0 Å². The summed E-state index contributed by atoms with van der Waals surface area (Å²) in [4.78, 5) is 51.2. The Bertz CT molecular complexity index is 1890. The first kappa shape index (κ1) is 30.6. The second kappa shape index (κ2) is 10.2. The molecule has 3 heterocycles. The average Bonchev–Trinajstić information content (AvgIpc) is 3.66. The lowest BCUT2D eigenvalue weighted by Gasteiger charge is -2.49. The summed E-state index contributed by atoms with van der Waals surface area (Å²) in [6.07, 6.45) is 0.907. The molecule has 46 heavy (non-hydrogen) atoms. The zero-order valence-corrected chi connectivity index (χ0v) is 24.6. The topological polar surface area (TPSA) is 108 Å². The Morgan fingerprint density at radius 2 is 1.43 bits per heavy atom. The van der Waals surface area contributed by atoms with Crippen LogP contribution in [0.25, 0.3) is 0 Å². The number of carbonyl (C=O) groups excluding carboxylic acids is 4. The van der Waals surface area contributed by atoms with Gasteiger partial charge >= 0.3 is 0 Å². The van der Waals surface area contributed by atoms with Crippen molar-refractivity contribution in [2.75, 3.05) is 9.80 Å². The monoisotopic (exact) mass is 680 g/mol. The molecular weight excluding hydrogens is 662 g/mol. The van der Waals surface area contributed by atoms with Crippen molar-refractivity contribution in [3.05, 3.63) is 94.7 Å². The molecule has 2 aliphatic heterocycles. The third-order valence-corrected chi connectivity index (χ3v) is 10.8. The number of hydrogen-bond acceptors (Lipinski definition) is 6. The van der Waals surface area contributed by atoms with Crippen molar-refractivity contribution in [3.63, 3.8) is 0 Å². The number of aliphatic hydroxyl groups is 1. The zero-order chi connectivity index (χ0) is 33.0. The molecular formula is C31H19Cl2F5N2O6. The summed E-state index contributed by atoms with van der Waals surface area (Å²) >= 11 is 14.0. The van der Waals surface area contributed by atoms with Crippen LogP contribution in [-0.2, 0) is 25.8 Å². The molecule has 2 saturated heterocycles. The molecule has 0 unspecified atom stereocenters. The molecule has 1 aromatic heterocycles. The highest BCUT2D eigenvalue weighted by atomic mass is 35.5. The van der Waals surface area contributed by atoms with E-state index in [-0.39, 0.29) is 34.1 Å². The molecule has 0 bridgehead atoms. The maximum Gasteiger partial charge on any atom is 0.258 e. The molecule has 0 spiro atoms. The Hall–Kier alpha value is -4.07. The van der Waals surface area contributed by atoms with Crippen molar-refractivity contribution in [1.29, 1.82) is 0 Å². The largest absolute Gasteiger partial charge is 0.463 e. The third kappa shape index (κ3) is 3.70. The summed E-state index contributed by atoms with van der Waals surface area (Å²) in [7, 11) is 0. The Morgan fingerprint density at radius 1 is 0.804 bits per heavy atom. The number of imide groups is 2. The molecule has 3 aromatic rings. The Labute approximate surface area is 265 Å². The molecule has 0 radical (unpaired) electrons. The molecule has 238 valence electrons.